The smallest absolute Gasteiger partial charge is 0.167 e. The summed E-state index contributed by atoms with van der Waals surface area (Å²) in [6, 6.07) is 0. The third kappa shape index (κ3) is 4.24. The lowest BCUT2D eigenvalue weighted by Gasteiger charge is -1.89. The number of alkyl halides is 1. The molecule has 0 fully saturated rings. The number of rotatable bonds is 4. The Hall–Kier alpha value is -0.520. The average molecular weight is 242 g/mol. The van der Waals surface area contributed by atoms with Crippen molar-refractivity contribution in [2.24, 2.45) is 0 Å². The molecule has 0 aromatic carbocycles. The Balaban J connectivity index is 2.60. The van der Waals surface area contributed by atoms with Crippen molar-refractivity contribution in [3.8, 4) is 11.8 Å². The summed E-state index contributed by atoms with van der Waals surface area (Å²) >= 11 is 7.38. The fourth-order valence-corrected chi connectivity index (χ4v) is 2.44. The zero-order valence-electron chi connectivity index (χ0n) is 9.27. The van der Waals surface area contributed by atoms with Crippen LogP contribution in [0.1, 0.15) is 41.8 Å². The molecule has 15 heavy (non-hydrogen) atoms. The Morgan fingerprint density at radius 2 is 2.27 bits per heavy atom. The van der Waals surface area contributed by atoms with E-state index in [2.05, 4.69) is 23.7 Å². The quantitative estimate of drug-likeness (QED) is 0.444. The highest BCUT2D eigenvalue weighted by atomic mass is 35.5. The van der Waals surface area contributed by atoms with Gasteiger partial charge in [-0.25, -0.2) is 4.98 Å². The van der Waals surface area contributed by atoms with Gasteiger partial charge >= 0.3 is 0 Å². The largest absolute Gasteiger partial charge is 0.233 e. The predicted octanol–water partition coefficient (Wildman–Crippen LogP) is 3.77. The SMILES string of the molecule is CCCCC#Cc1nc(C)c(CCCl)s1. The van der Waals surface area contributed by atoms with Crippen molar-refractivity contribution in [3.05, 3.63) is 15.6 Å². The van der Waals surface area contributed by atoms with E-state index in [4.69, 9.17) is 11.6 Å². The lowest BCUT2D eigenvalue weighted by Crippen LogP contribution is -1.84. The minimum atomic E-state index is 0.658. The van der Waals surface area contributed by atoms with E-state index in [1.807, 2.05) is 6.92 Å². The molecular weight excluding hydrogens is 226 g/mol. The van der Waals surface area contributed by atoms with Gasteiger partial charge in [-0.3, -0.25) is 0 Å². The maximum atomic E-state index is 5.71. The maximum absolute atomic E-state index is 5.71. The Bertz CT molecular complexity index is 359. The van der Waals surface area contributed by atoms with E-state index in [0.29, 0.717) is 5.88 Å². The Morgan fingerprint density at radius 1 is 1.47 bits per heavy atom. The molecule has 1 heterocycles. The Kier molecular flexibility index (Phi) is 5.75. The van der Waals surface area contributed by atoms with Crippen molar-refractivity contribution in [2.45, 2.75) is 39.5 Å². The molecule has 1 rings (SSSR count). The lowest BCUT2D eigenvalue weighted by atomic mass is 10.2. The number of hydrogen-bond donors (Lipinski definition) is 0. The highest BCUT2D eigenvalue weighted by Gasteiger charge is 2.04. The summed E-state index contributed by atoms with van der Waals surface area (Å²) in [6.45, 7) is 4.20. The maximum Gasteiger partial charge on any atom is 0.167 e. The van der Waals surface area contributed by atoms with Gasteiger partial charge in [0.15, 0.2) is 5.01 Å². The first-order valence-corrected chi connectivity index (χ1v) is 6.64. The summed E-state index contributed by atoms with van der Waals surface area (Å²) in [7, 11) is 0. The molecule has 1 nitrogen and oxygen atoms in total. The zero-order chi connectivity index (χ0) is 11.1. The van der Waals surface area contributed by atoms with Crippen LogP contribution in [-0.4, -0.2) is 10.9 Å². The summed E-state index contributed by atoms with van der Waals surface area (Å²) < 4.78 is 0. The van der Waals surface area contributed by atoms with Crippen LogP contribution in [-0.2, 0) is 6.42 Å². The number of hydrogen-bond acceptors (Lipinski definition) is 2. The van der Waals surface area contributed by atoms with Crippen LogP contribution in [0.5, 0.6) is 0 Å². The molecule has 0 bridgehead atoms. The molecule has 0 aliphatic rings. The topological polar surface area (TPSA) is 12.9 Å². The predicted molar refractivity (Wildman–Crippen MR) is 67.7 cm³/mol. The van der Waals surface area contributed by atoms with Crippen LogP contribution in [0.4, 0.5) is 0 Å². The minimum Gasteiger partial charge on any atom is -0.233 e. The van der Waals surface area contributed by atoms with Gasteiger partial charge in [0.05, 0.1) is 5.69 Å². The number of aryl methyl sites for hydroxylation is 2. The molecular formula is C12H16ClNS. The molecule has 0 spiro atoms. The van der Waals surface area contributed by atoms with Crippen molar-refractivity contribution in [2.75, 3.05) is 5.88 Å². The molecule has 1 aromatic rings. The van der Waals surface area contributed by atoms with Crippen LogP contribution < -0.4 is 0 Å². The fraction of sp³-hybridized carbons (Fsp3) is 0.583. The van der Waals surface area contributed by atoms with Gasteiger partial charge in [-0.1, -0.05) is 19.3 Å². The molecule has 0 aliphatic carbocycles. The van der Waals surface area contributed by atoms with Gasteiger partial charge < -0.3 is 0 Å². The van der Waals surface area contributed by atoms with Gasteiger partial charge in [0.2, 0.25) is 0 Å². The van der Waals surface area contributed by atoms with E-state index >= 15 is 0 Å². The fourth-order valence-electron chi connectivity index (χ4n) is 1.20. The van der Waals surface area contributed by atoms with E-state index < -0.39 is 0 Å². The van der Waals surface area contributed by atoms with Gasteiger partial charge in [-0.2, -0.15) is 0 Å². The van der Waals surface area contributed by atoms with Crippen LogP contribution in [0.15, 0.2) is 0 Å². The van der Waals surface area contributed by atoms with Gasteiger partial charge in [0.25, 0.3) is 0 Å². The molecule has 0 N–H and O–H groups in total. The normalized spacial score (nSPS) is 9.80. The number of thiazole rings is 1. The average Bonchev–Trinajstić information content (AvgIpc) is 2.55. The minimum absolute atomic E-state index is 0.658. The van der Waals surface area contributed by atoms with Gasteiger partial charge in [-0.15, -0.1) is 22.9 Å². The van der Waals surface area contributed by atoms with Crippen molar-refractivity contribution in [1.29, 1.82) is 0 Å². The first kappa shape index (κ1) is 12.5. The number of aromatic nitrogens is 1. The summed E-state index contributed by atoms with van der Waals surface area (Å²) in [5.74, 6) is 6.92. The van der Waals surface area contributed by atoms with Crippen molar-refractivity contribution >= 4 is 22.9 Å². The van der Waals surface area contributed by atoms with Crippen LogP contribution in [0.3, 0.4) is 0 Å². The van der Waals surface area contributed by atoms with Crippen molar-refractivity contribution in [3.63, 3.8) is 0 Å². The van der Waals surface area contributed by atoms with E-state index in [1.54, 1.807) is 11.3 Å². The molecule has 0 amide bonds. The molecule has 3 heteroatoms. The second-order valence-electron chi connectivity index (χ2n) is 3.37. The first-order chi connectivity index (χ1) is 7.27. The highest BCUT2D eigenvalue weighted by Crippen LogP contribution is 2.18. The van der Waals surface area contributed by atoms with Crippen LogP contribution in [0.2, 0.25) is 0 Å². The van der Waals surface area contributed by atoms with E-state index in [9.17, 15) is 0 Å². The molecule has 0 aliphatic heterocycles. The molecule has 0 radical (unpaired) electrons. The number of unbranched alkanes of at least 4 members (excludes halogenated alkanes) is 2. The van der Waals surface area contributed by atoms with Gasteiger partial charge in [0, 0.05) is 17.2 Å². The monoisotopic (exact) mass is 241 g/mol. The Labute approximate surface area is 101 Å². The van der Waals surface area contributed by atoms with Gasteiger partial charge in [-0.05, 0) is 25.7 Å². The number of halogens is 1. The van der Waals surface area contributed by atoms with E-state index in [0.717, 1.165) is 23.5 Å². The van der Waals surface area contributed by atoms with Crippen LogP contribution >= 0.6 is 22.9 Å². The molecule has 0 unspecified atom stereocenters. The lowest BCUT2D eigenvalue weighted by molar-refractivity contribution is 0.828. The van der Waals surface area contributed by atoms with Crippen LogP contribution in [0.25, 0.3) is 0 Å². The second kappa shape index (κ2) is 6.87. The van der Waals surface area contributed by atoms with Gasteiger partial charge in [0.1, 0.15) is 0 Å². The molecule has 0 saturated heterocycles. The zero-order valence-corrected chi connectivity index (χ0v) is 10.8. The molecule has 82 valence electrons. The molecule has 0 saturated carbocycles. The van der Waals surface area contributed by atoms with E-state index in [1.165, 1.54) is 17.7 Å². The summed E-state index contributed by atoms with van der Waals surface area (Å²) in [6.07, 6.45) is 4.25. The highest BCUT2D eigenvalue weighted by molar-refractivity contribution is 7.12. The molecule has 0 atom stereocenters. The van der Waals surface area contributed by atoms with Crippen molar-refractivity contribution in [1.82, 2.24) is 4.98 Å². The Morgan fingerprint density at radius 3 is 2.93 bits per heavy atom. The third-order valence-electron chi connectivity index (χ3n) is 2.06. The standard InChI is InChI=1S/C12H16ClNS/c1-3-4-5-6-7-12-14-10(2)11(15-12)8-9-13/h3-5,8-9H2,1-2H3. The summed E-state index contributed by atoms with van der Waals surface area (Å²) in [5, 5.41) is 0.934. The first-order valence-electron chi connectivity index (χ1n) is 5.29. The summed E-state index contributed by atoms with van der Waals surface area (Å²) in [5.41, 5.74) is 1.08. The van der Waals surface area contributed by atoms with E-state index in [-0.39, 0.29) is 0 Å². The third-order valence-corrected chi connectivity index (χ3v) is 3.39. The van der Waals surface area contributed by atoms with Crippen molar-refractivity contribution < 1.29 is 0 Å². The second-order valence-corrected chi connectivity index (χ2v) is 4.83. The summed E-state index contributed by atoms with van der Waals surface area (Å²) in [4.78, 5) is 5.68. The van der Waals surface area contributed by atoms with Crippen LogP contribution in [0, 0.1) is 18.8 Å². The molecule has 1 aromatic heterocycles. The number of nitrogens with zero attached hydrogens (tertiary/aromatic N) is 1.